The number of carbonyl (C=O) groups excluding carboxylic acids is 2. The Balaban J connectivity index is 1.91. The highest BCUT2D eigenvalue weighted by molar-refractivity contribution is 8.00. The predicted molar refractivity (Wildman–Crippen MR) is 121 cm³/mol. The predicted octanol–water partition coefficient (Wildman–Crippen LogP) is 3.80. The van der Waals surface area contributed by atoms with Crippen molar-refractivity contribution >= 4 is 46.2 Å². The van der Waals surface area contributed by atoms with Crippen LogP contribution in [0.15, 0.2) is 51.0 Å². The Hall–Kier alpha value is -2.78. The quantitative estimate of drug-likeness (QED) is 0.441. The number of fused-ring (bicyclic) bond motifs is 1. The fourth-order valence-corrected chi connectivity index (χ4v) is 3.83. The fraction of sp³-hybridized carbons (Fsp3) is 0.333. The minimum atomic E-state index is -0.697. The van der Waals surface area contributed by atoms with Gasteiger partial charge in [-0.1, -0.05) is 23.4 Å². The van der Waals surface area contributed by atoms with Gasteiger partial charge in [0.05, 0.1) is 29.0 Å². The fourth-order valence-electron chi connectivity index (χ4n) is 2.76. The minimum Gasteiger partial charge on any atom is -0.467 e. The molecule has 0 saturated heterocycles. The van der Waals surface area contributed by atoms with Crippen LogP contribution in [0.5, 0.6) is 0 Å². The lowest BCUT2D eigenvalue weighted by Gasteiger charge is -2.21. The number of furan rings is 1. The highest BCUT2D eigenvalue weighted by Gasteiger charge is 2.23. The molecule has 3 rings (SSSR count). The molecule has 2 aromatic heterocycles. The molecule has 0 bridgehead atoms. The van der Waals surface area contributed by atoms with Crippen LogP contribution in [0.1, 0.15) is 33.5 Å². The van der Waals surface area contributed by atoms with E-state index in [9.17, 15) is 14.4 Å². The zero-order valence-corrected chi connectivity index (χ0v) is 19.1. The number of nitrogens with one attached hydrogen (secondary N) is 2. The first-order valence-corrected chi connectivity index (χ1v) is 10.8. The largest absolute Gasteiger partial charge is 0.467 e. The van der Waals surface area contributed by atoms with Gasteiger partial charge in [0, 0.05) is 10.6 Å². The maximum Gasteiger partial charge on any atom is 0.321 e. The summed E-state index contributed by atoms with van der Waals surface area (Å²) in [4.78, 5) is 42.2. The van der Waals surface area contributed by atoms with E-state index in [4.69, 9.17) is 16.0 Å². The monoisotopic (exact) mass is 462 g/mol. The van der Waals surface area contributed by atoms with Gasteiger partial charge in [0.1, 0.15) is 5.76 Å². The normalized spacial score (nSPS) is 12.5. The first-order chi connectivity index (χ1) is 14.5. The van der Waals surface area contributed by atoms with Gasteiger partial charge in [0.25, 0.3) is 5.56 Å². The highest BCUT2D eigenvalue weighted by Crippen LogP contribution is 2.24. The smallest absolute Gasteiger partial charge is 0.321 e. The molecule has 0 spiro atoms. The van der Waals surface area contributed by atoms with E-state index in [0.29, 0.717) is 26.8 Å². The molecule has 0 aliphatic carbocycles. The van der Waals surface area contributed by atoms with Crippen molar-refractivity contribution in [1.82, 2.24) is 20.2 Å². The first-order valence-electron chi connectivity index (χ1n) is 9.55. The number of hydrogen-bond acceptors (Lipinski definition) is 6. The van der Waals surface area contributed by atoms with Gasteiger partial charge in [-0.05, 0) is 58.0 Å². The lowest BCUT2D eigenvalue weighted by molar-refractivity contribution is -0.119. The number of aromatic nitrogens is 2. The van der Waals surface area contributed by atoms with E-state index in [0.717, 1.165) is 11.8 Å². The van der Waals surface area contributed by atoms with E-state index in [-0.39, 0.29) is 12.1 Å². The van der Waals surface area contributed by atoms with Gasteiger partial charge in [-0.25, -0.2) is 9.78 Å². The second kappa shape index (κ2) is 9.15. The summed E-state index contributed by atoms with van der Waals surface area (Å²) in [6.45, 7) is 7.22. The highest BCUT2D eigenvalue weighted by atomic mass is 35.5. The second-order valence-corrected chi connectivity index (χ2v) is 9.72. The Morgan fingerprint density at radius 2 is 2.03 bits per heavy atom. The van der Waals surface area contributed by atoms with Crippen LogP contribution in [0.4, 0.5) is 4.79 Å². The van der Waals surface area contributed by atoms with Crippen molar-refractivity contribution in [2.75, 3.05) is 0 Å². The van der Waals surface area contributed by atoms with E-state index in [2.05, 4.69) is 15.6 Å². The van der Waals surface area contributed by atoms with Crippen LogP contribution in [-0.2, 0) is 11.3 Å². The summed E-state index contributed by atoms with van der Waals surface area (Å²) in [6.07, 6.45) is 1.52. The molecular formula is C21H23ClN4O4S. The maximum atomic E-state index is 13.1. The number of nitrogens with zero attached hydrogens (tertiary/aromatic N) is 2. The summed E-state index contributed by atoms with van der Waals surface area (Å²) in [5, 5.41) is 5.46. The van der Waals surface area contributed by atoms with E-state index >= 15 is 0 Å². The number of urea groups is 1. The van der Waals surface area contributed by atoms with Gasteiger partial charge >= 0.3 is 6.03 Å². The molecule has 0 fully saturated rings. The van der Waals surface area contributed by atoms with Crippen molar-refractivity contribution in [3.05, 3.63) is 57.7 Å². The lowest BCUT2D eigenvalue weighted by atomic mass is 10.1. The molecule has 10 heteroatoms. The number of benzene rings is 1. The number of carbonyl (C=O) groups is 2. The van der Waals surface area contributed by atoms with Crippen molar-refractivity contribution in [3.8, 4) is 0 Å². The summed E-state index contributed by atoms with van der Waals surface area (Å²) in [7, 11) is 0. The van der Waals surface area contributed by atoms with E-state index in [1.54, 1.807) is 37.3 Å². The molecule has 31 heavy (non-hydrogen) atoms. The van der Waals surface area contributed by atoms with Crippen molar-refractivity contribution in [2.45, 2.75) is 50.2 Å². The molecule has 0 saturated carbocycles. The van der Waals surface area contributed by atoms with Crippen molar-refractivity contribution in [2.24, 2.45) is 0 Å². The molecule has 2 heterocycles. The van der Waals surface area contributed by atoms with Crippen molar-refractivity contribution in [1.29, 1.82) is 0 Å². The zero-order chi connectivity index (χ0) is 22.8. The van der Waals surface area contributed by atoms with Gasteiger partial charge < -0.3 is 9.73 Å². The van der Waals surface area contributed by atoms with Crippen LogP contribution < -0.4 is 16.2 Å². The molecule has 3 amide bonds. The molecule has 0 aliphatic rings. The first kappa shape index (κ1) is 22.9. The van der Waals surface area contributed by atoms with E-state index in [1.165, 1.54) is 10.8 Å². The second-order valence-electron chi connectivity index (χ2n) is 7.98. The van der Waals surface area contributed by atoms with Crippen LogP contribution in [0, 0.1) is 0 Å². The summed E-state index contributed by atoms with van der Waals surface area (Å²) in [5.74, 6) is 0.0671. The Kier molecular flexibility index (Phi) is 6.76. The van der Waals surface area contributed by atoms with Gasteiger partial charge in [-0.15, -0.1) is 0 Å². The number of hydrogen-bond donors (Lipinski definition) is 2. The molecule has 1 atom stereocenters. The van der Waals surface area contributed by atoms with Gasteiger partial charge in [0.15, 0.2) is 5.16 Å². The van der Waals surface area contributed by atoms with Crippen LogP contribution in [0.2, 0.25) is 5.02 Å². The third kappa shape index (κ3) is 5.89. The lowest BCUT2D eigenvalue weighted by Crippen LogP contribution is -2.49. The van der Waals surface area contributed by atoms with Crippen molar-refractivity contribution in [3.63, 3.8) is 0 Å². The number of rotatable bonds is 5. The van der Waals surface area contributed by atoms with E-state index in [1.807, 2.05) is 20.8 Å². The SMILES string of the molecule is CC(Sc1nc2cc(Cl)ccc2c(=O)n1Cc1ccco1)C(=O)NC(=O)NC(C)(C)C. The standard InChI is InChI=1S/C21H23ClN4O4S/c1-12(17(27)24-19(29)25-21(2,3)4)31-20-23-16-10-13(22)7-8-15(16)18(28)26(20)11-14-6-5-9-30-14/h5-10,12H,11H2,1-4H3,(H2,24,25,27,29). The summed E-state index contributed by atoms with van der Waals surface area (Å²) < 4.78 is 6.82. The number of amides is 3. The minimum absolute atomic E-state index is 0.151. The van der Waals surface area contributed by atoms with Gasteiger partial charge in [0.2, 0.25) is 5.91 Å². The molecule has 164 valence electrons. The van der Waals surface area contributed by atoms with Crippen LogP contribution >= 0.6 is 23.4 Å². The molecule has 3 aromatic rings. The topological polar surface area (TPSA) is 106 Å². The third-order valence-corrected chi connectivity index (χ3v) is 5.48. The Morgan fingerprint density at radius 3 is 2.68 bits per heavy atom. The number of thioether (sulfide) groups is 1. The van der Waals surface area contributed by atoms with Crippen LogP contribution in [0.25, 0.3) is 10.9 Å². The van der Waals surface area contributed by atoms with E-state index < -0.39 is 22.7 Å². The Bertz CT molecular complexity index is 1170. The average Bonchev–Trinajstić information content (AvgIpc) is 3.16. The average molecular weight is 463 g/mol. The summed E-state index contributed by atoms with van der Waals surface area (Å²) in [5.41, 5.74) is -0.337. The molecule has 8 nitrogen and oxygen atoms in total. The molecule has 0 aliphatic heterocycles. The summed E-state index contributed by atoms with van der Waals surface area (Å²) >= 11 is 7.14. The molecule has 2 N–H and O–H groups in total. The Morgan fingerprint density at radius 1 is 1.29 bits per heavy atom. The third-order valence-electron chi connectivity index (χ3n) is 4.15. The number of imide groups is 1. The molecule has 0 radical (unpaired) electrons. The number of halogens is 1. The van der Waals surface area contributed by atoms with Gasteiger partial charge in [-0.3, -0.25) is 19.5 Å². The zero-order valence-electron chi connectivity index (χ0n) is 17.6. The molecule has 1 aromatic carbocycles. The molecule has 1 unspecified atom stereocenters. The van der Waals surface area contributed by atoms with Crippen molar-refractivity contribution < 1.29 is 14.0 Å². The van der Waals surface area contributed by atoms with Crippen LogP contribution in [-0.4, -0.2) is 32.3 Å². The van der Waals surface area contributed by atoms with Crippen LogP contribution in [0.3, 0.4) is 0 Å². The maximum absolute atomic E-state index is 13.1. The Labute approximate surface area is 188 Å². The molecular weight excluding hydrogens is 440 g/mol. The summed E-state index contributed by atoms with van der Waals surface area (Å²) in [6, 6.07) is 7.73. The van der Waals surface area contributed by atoms with Gasteiger partial charge in [-0.2, -0.15) is 0 Å².